The van der Waals surface area contributed by atoms with Crippen molar-refractivity contribution in [2.75, 3.05) is 6.54 Å². The summed E-state index contributed by atoms with van der Waals surface area (Å²) >= 11 is 3.59. The molecule has 3 nitrogen and oxygen atoms in total. The molecule has 0 radical (unpaired) electrons. The first kappa shape index (κ1) is 17.7. The second kappa shape index (κ2) is 6.02. The summed E-state index contributed by atoms with van der Waals surface area (Å²) in [7, 11) is 0. The molecule has 3 rings (SSSR count). The van der Waals surface area contributed by atoms with Crippen molar-refractivity contribution in [3.63, 3.8) is 0 Å². The van der Waals surface area contributed by atoms with Gasteiger partial charge in [-0.2, -0.15) is 13.2 Å². The molecule has 0 saturated carbocycles. The average Bonchev–Trinajstić information content (AvgIpc) is 2.63. The minimum Gasteiger partial charge on any atom is -0.436 e. The number of benzene rings is 1. The number of alkyl halides is 3. The molecule has 2 atom stereocenters. The number of ether oxygens (including phenoxy) is 1. The zero-order valence-electron chi connectivity index (χ0n) is 13.5. The van der Waals surface area contributed by atoms with E-state index in [2.05, 4.69) is 35.1 Å². The fraction of sp³-hybridized carbons (Fsp3) is 0.588. The molecule has 0 amide bonds. The van der Waals surface area contributed by atoms with Crippen LogP contribution < -0.4 is 5.32 Å². The van der Waals surface area contributed by atoms with Gasteiger partial charge in [0.1, 0.15) is 0 Å². The molecule has 1 N–H and O–H groups in total. The maximum absolute atomic E-state index is 12.6. The smallest absolute Gasteiger partial charge is 0.436 e. The van der Waals surface area contributed by atoms with Crippen molar-refractivity contribution in [3.05, 3.63) is 33.3 Å². The molecule has 0 bridgehead atoms. The first-order valence-corrected chi connectivity index (χ1v) is 8.74. The largest absolute Gasteiger partial charge is 0.490 e. The van der Waals surface area contributed by atoms with Crippen LogP contribution in [0.15, 0.2) is 16.6 Å². The van der Waals surface area contributed by atoms with E-state index >= 15 is 0 Å². The number of hydrogen-bond donors (Lipinski definition) is 1. The van der Waals surface area contributed by atoms with E-state index in [1.54, 1.807) is 6.07 Å². The van der Waals surface area contributed by atoms with Gasteiger partial charge >= 0.3 is 12.1 Å². The molecule has 2 aliphatic rings. The predicted molar refractivity (Wildman–Crippen MR) is 86.7 cm³/mol. The van der Waals surface area contributed by atoms with Crippen LogP contribution in [0.4, 0.5) is 13.2 Å². The monoisotopic (exact) mass is 405 g/mol. The fourth-order valence-electron chi connectivity index (χ4n) is 3.84. The van der Waals surface area contributed by atoms with Crippen LogP contribution in [0.3, 0.4) is 0 Å². The summed E-state index contributed by atoms with van der Waals surface area (Å²) in [6.07, 6.45) is -3.26. The van der Waals surface area contributed by atoms with Gasteiger partial charge in [-0.25, -0.2) is 4.79 Å². The van der Waals surface area contributed by atoms with Crippen LogP contribution in [0, 0.1) is 0 Å². The number of rotatable bonds is 1. The molecule has 132 valence electrons. The van der Waals surface area contributed by atoms with E-state index in [0.717, 1.165) is 34.9 Å². The van der Waals surface area contributed by atoms with Crippen molar-refractivity contribution in [2.45, 2.75) is 56.8 Å². The topological polar surface area (TPSA) is 38.3 Å². The zero-order valence-corrected chi connectivity index (χ0v) is 15.1. The lowest BCUT2D eigenvalue weighted by atomic mass is 9.67. The lowest BCUT2D eigenvalue weighted by Gasteiger charge is -2.39. The van der Waals surface area contributed by atoms with Crippen LogP contribution >= 0.6 is 15.9 Å². The van der Waals surface area contributed by atoms with Gasteiger partial charge in [0.2, 0.25) is 0 Å². The maximum atomic E-state index is 12.6. The average molecular weight is 406 g/mol. The lowest BCUT2D eigenvalue weighted by molar-refractivity contribution is -0.206. The van der Waals surface area contributed by atoms with Gasteiger partial charge in [0.05, 0.1) is 0 Å². The van der Waals surface area contributed by atoms with Crippen LogP contribution in [0.25, 0.3) is 0 Å². The summed E-state index contributed by atoms with van der Waals surface area (Å²) in [5, 5.41) is 2.95. The SMILES string of the molecule is CC1(C)CCC2CCNC(OC(=O)C(F)(F)F)c3ccc(Br)c1c32. The van der Waals surface area contributed by atoms with Crippen molar-refractivity contribution >= 4 is 21.9 Å². The summed E-state index contributed by atoms with van der Waals surface area (Å²) < 4.78 is 43.5. The Morgan fingerprint density at radius 2 is 2.04 bits per heavy atom. The van der Waals surface area contributed by atoms with Crippen LogP contribution in [0.2, 0.25) is 0 Å². The second-order valence-electron chi connectivity index (χ2n) is 7.07. The molecule has 0 fully saturated rings. The molecule has 2 unspecified atom stereocenters. The summed E-state index contributed by atoms with van der Waals surface area (Å²) in [5.74, 6) is -1.90. The van der Waals surface area contributed by atoms with Crippen molar-refractivity contribution in [2.24, 2.45) is 0 Å². The quantitative estimate of drug-likeness (QED) is 0.688. The molecule has 0 saturated heterocycles. The third-order valence-corrected chi connectivity index (χ3v) is 5.65. The van der Waals surface area contributed by atoms with Gasteiger partial charge in [0.25, 0.3) is 0 Å². The van der Waals surface area contributed by atoms with Gasteiger partial charge in [0, 0.05) is 10.0 Å². The fourth-order valence-corrected chi connectivity index (χ4v) is 4.72. The molecule has 24 heavy (non-hydrogen) atoms. The molecule has 1 aromatic carbocycles. The Hall–Kier alpha value is -1.08. The van der Waals surface area contributed by atoms with E-state index in [-0.39, 0.29) is 11.3 Å². The maximum Gasteiger partial charge on any atom is 0.490 e. The number of hydrogen-bond acceptors (Lipinski definition) is 3. The Bertz CT molecular complexity index is 673. The number of nitrogens with one attached hydrogen (secondary N) is 1. The van der Waals surface area contributed by atoms with Gasteiger partial charge in [-0.1, -0.05) is 35.8 Å². The molecular weight excluding hydrogens is 387 g/mol. The highest BCUT2D eigenvalue weighted by Gasteiger charge is 2.44. The third-order valence-electron chi connectivity index (χ3n) is 4.99. The predicted octanol–water partition coefficient (Wildman–Crippen LogP) is 4.70. The molecule has 0 spiro atoms. The van der Waals surface area contributed by atoms with E-state index in [1.165, 1.54) is 0 Å². The van der Waals surface area contributed by atoms with Gasteiger partial charge in [-0.05, 0) is 54.3 Å². The van der Waals surface area contributed by atoms with Crippen molar-refractivity contribution in [1.29, 1.82) is 0 Å². The Morgan fingerprint density at radius 1 is 1.33 bits per heavy atom. The molecule has 0 aromatic heterocycles. The minimum absolute atomic E-state index is 0.0798. The van der Waals surface area contributed by atoms with Crippen LogP contribution in [0.1, 0.15) is 61.9 Å². The van der Waals surface area contributed by atoms with E-state index in [4.69, 9.17) is 4.74 Å². The molecule has 1 aromatic rings. The highest BCUT2D eigenvalue weighted by atomic mass is 79.9. The number of halogens is 4. The zero-order chi connectivity index (χ0) is 17.7. The molecular formula is C17H19BrF3NO2. The standard InChI is InChI=1S/C17H19BrF3NO2/c1-16(2)7-5-9-6-8-22-14(24-15(23)17(19,20)21)10-3-4-11(18)13(16)12(9)10/h3-4,9,14,22H,5-8H2,1-2H3. The first-order valence-electron chi connectivity index (χ1n) is 7.95. The summed E-state index contributed by atoms with van der Waals surface area (Å²) in [4.78, 5) is 11.3. The second-order valence-corrected chi connectivity index (χ2v) is 7.93. The Kier molecular flexibility index (Phi) is 4.45. The van der Waals surface area contributed by atoms with Gasteiger partial charge in [-0.3, -0.25) is 5.32 Å². The van der Waals surface area contributed by atoms with Crippen LogP contribution in [0.5, 0.6) is 0 Å². The van der Waals surface area contributed by atoms with E-state index < -0.39 is 18.4 Å². The highest BCUT2D eigenvalue weighted by Crippen LogP contribution is 2.50. The third kappa shape index (κ3) is 3.08. The van der Waals surface area contributed by atoms with Gasteiger partial charge in [0.15, 0.2) is 6.23 Å². The lowest BCUT2D eigenvalue weighted by Crippen LogP contribution is -2.33. The van der Waals surface area contributed by atoms with Crippen molar-refractivity contribution in [3.8, 4) is 0 Å². The Balaban J connectivity index is 2.08. The first-order chi connectivity index (χ1) is 11.1. The van der Waals surface area contributed by atoms with Gasteiger partial charge < -0.3 is 4.74 Å². The Morgan fingerprint density at radius 3 is 2.71 bits per heavy atom. The summed E-state index contributed by atoms with van der Waals surface area (Å²) in [5.41, 5.74) is 2.71. The van der Waals surface area contributed by atoms with Crippen LogP contribution in [-0.4, -0.2) is 18.7 Å². The van der Waals surface area contributed by atoms with E-state index in [1.807, 2.05) is 6.07 Å². The molecule has 1 aliphatic heterocycles. The number of esters is 1. The molecule has 1 heterocycles. The minimum atomic E-state index is -5.00. The summed E-state index contributed by atoms with van der Waals surface area (Å²) in [6, 6.07) is 3.59. The molecule has 1 aliphatic carbocycles. The molecule has 7 heteroatoms. The number of carbonyl (C=O) groups is 1. The van der Waals surface area contributed by atoms with Crippen molar-refractivity contribution in [1.82, 2.24) is 5.32 Å². The summed E-state index contributed by atoms with van der Waals surface area (Å²) in [6.45, 7) is 4.78. The van der Waals surface area contributed by atoms with Crippen molar-refractivity contribution < 1.29 is 22.7 Å². The number of carbonyl (C=O) groups excluding carboxylic acids is 1. The van der Waals surface area contributed by atoms with Gasteiger partial charge in [-0.15, -0.1) is 0 Å². The van der Waals surface area contributed by atoms with Crippen LogP contribution in [-0.2, 0) is 14.9 Å². The Labute approximate surface area is 147 Å². The highest BCUT2D eigenvalue weighted by molar-refractivity contribution is 9.10. The van der Waals surface area contributed by atoms with E-state index in [0.29, 0.717) is 12.1 Å². The normalized spacial score (nSPS) is 25.6. The van der Waals surface area contributed by atoms with E-state index in [9.17, 15) is 18.0 Å².